The summed E-state index contributed by atoms with van der Waals surface area (Å²) in [7, 11) is -1.56. The third kappa shape index (κ3) is 8.84. The molecule has 1 rings (SSSR count). The van der Waals surface area contributed by atoms with Gasteiger partial charge in [-0.25, -0.2) is 13.1 Å². The van der Waals surface area contributed by atoms with Crippen LogP contribution in [0.4, 0.5) is 0 Å². The summed E-state index contributed by atoms with van der Waals surface area (Å²) >= 11 is 0. The van der Waals surface area contributed by atoms with Crippen LogP contribution in [0, 0.1) is 0 Å². The van der Waals surface area contributed by atoms with E-state index in [2.05, 4.69) is 39.4 Å². The molecule has 0 spiro atoms. The molecule has 0 atom stereocenters. The molecule has 6 nitrogen and oxygen atoms in total. The quantitative estimate of drug-likeness (QED) is 0.324. The molecule has 138 valence electrons. The maximum absolute atomic E-state index is 11.4. The minimum Gasteiger partial charge on any atom is -0.355 e. The van der Waals surface area contributed by atoms with Crippen LogP contribution >= 0.6 is 24.0 Å². The van der Waals surface area contributed by atoms with Crippen molar-refractivity contribution in [3.05, 3.63) is 35.4 Å². The van der Waals surface area contributed by atoms with E-state index < -0.39 is 15.6 Å². The molecule has 24 heavy (non-hydrogen) atoms. The summed E-state index contributed by atoms with van der Waals surface area (Å²) in [6, 6.07) is 8.26. The van der Waals surface area contributed by atoms with E-state index in [4.69, 9.17) is 0 Å². The third-order valence-electron chi connectivity index (χ3n) is 3.33. The molecule has 0 amide bonds. The Morgan fingerprint density at radius 2 is 1.75 bits per heavy atom. The maximum Gasteiger partial charge on any atom is 0.209 e. The van der Waals surface area contributed by atoms with Crippen LogP contribution in [-0.4, -0.2) is 39.8 Å². The first-order valence-electron chi connectivity index (χ1n) is 7.67. The van der Waals surface area contributed by atoms with Crippen LogP contribution in [0.3, 0.4) is 0 Å². The van der Waals surface area contributed by atoms with E-state index in [0.29, 0.717) is 19.0 Å². The van der Waals surface area contributed by atoms with Crippen molar-refractivity contribution in [2.24, 2.45) is 4.99 Å². The second-order valence-corrected chi connectivity index (χ2v) is 7.91. The number of sulfonamides is 1. The highest BCUT2D eigenvalue weighted by atomic mass is 127. The predicted octanol–water partition coefficient (Wildman–Crippen LogP) is 1.86. The van der Waals surface area contributed by atoms with Crippen molar-refractivity contribution in [2.45, 2.75) is 39.3 Å². The molecule has 0 aliphatic rings. The lowest BCUT2D eigenvalue weighted by Crippen LogP contribution is -2.52. The second-order valence-electron chi connectivity index (χ2n) is 6.16. The van der Waals surface area contributed by atoms with E-state index in [-0.39, 0.29) is 24.0 Å². The fourth-order valence-corrected chi connectivity index (χ4v) is 3.39. The van der Waals surface area contributed by atoms with Gasteiger partial charge in [-0.05, 0) is 31.4 Å². The lowest BCUT2D eigenvalue weighted by Gasteiger charge is -2.26. The molecular formula is C16H29IN4O2S. The maximum atomic E-state index is 11.4. The molecule has 0 radical (unpaired) electrons. The summed E-state index contributed by atoms with van der Waals surface area (Å²) in [5.74, 6) is 0.638. The monoisotopic (exact) mass is 468 g/mol. The van der Waals surface area contributed by atoms with Crippen molar-refractivity contribution in [1.29, 1.82) is 0 Å². The number of aliphatic imine (C=N–C) groups is 1. The van der Waals surface area contributed by atoms with E-state index in [1.807, 2.05) is 26.0 Å². The van der Waals surface area contributed by atoms with Gasteiger partial charge in [0.15, 0.2) is 5.96 Å². The lowest BCUT2D eigenvalue weighted by atomic mass is 10.1. The number of hydrogen-bond acceptors (Lipinski definition) is 3. The van der Waals surface area contributed by atoms with Crippen molar-refractivity contribution in [3.8, 4) is 0 Å². The first-order valence-corrected chi connectivity index (χ1v) is 9.56. The average Bonchev–Trinajstić information content (AvgIpc) is 2.45. The Kier molecular flexibility index (Phi) is 9.83. The van der Waals surface area contributed by atoms with E-state index >= 15 is 0 Å². The first kappa shape index (κ1) is 23.1. The van der Waals surface area contributed by atoms with Gasteiger partial charge in [0.2, 0.25) is 10.0 Å². The molecule has 1 aromatic carbocycles. The molecule has 0 heterocycles. The van der Waals surface area contributed by atoms with Crippen molar-refractivity contribution in [2.75, 3.05) is 19.8 Å². The van der Waals surface area contributed by atoms with Crippen molar-refractivity contribution >= 4 is 40.0 Å². The molecule has 0 saturated carbocycles. The highest BCUT2D eigenvalue weighted by Gasteiger charge is 2.22. The highest BCUT2D eigenvalue weighted by molar-refractivity contribution is 14.0. The number of hydrogen-bond donors (Lipinski definition) is 3. The summed E-state index contributed by atoms with van der Waals surface area (Å²) in [5.41, 5.74) is 1.92. The number of nitrogens with zero attached hydrogens (tertiary/aromatic N) is 1. The van der Waals surface area contributed by atoms with Crippen molar-refractivity contribution in [1.82, 2.24) is 15.4 Å². The third-order valence-corrected chi connectivity index (χ3v) is 4.25. The van der Waals surface area contributed by atoms with Gasteiger partial charge < -0.3 is 10.6 Å². The molecule has 0 unspecified atom stereocenters. The number of nitrogens with one attached hydrogen (secondary N) is 3. The Labute approximate surface area is 163 Å². The normalized spacial score (nSPS) is 12.5. The number of halogens is 1. The van der Waals surface area contributed by atoms with Crippen LogP contribution in [0.5, 0.6) is 0 Å². The van der Waals surface area contributed by atoms with Crippen LogP contribution in [0.2, 0.25) is 0 Å². The van der Waals surface area contributed by atoms with Crippen molar-refractivity contribution in [3.63, 3.8) is 0 Å². The summed E-state index contributed by atoms with van der Waals surface area (Å²) in [6.07, 6.45) is 2.14. The Morgan fingerprint density at radius 1 is 1.17 bits per heavy atom. The number of benzene rings is 1. The van der Waals surface area contributed by atoms with Crippen LogP contribution in [0.25, 0.3) is 0 Å². The minimum absolute atomic E-state index is 0. The highest BCUT2D eigenvalue weighted by Crippen LogP contribution is 2.09. The van der Waals surface area contributed by atoms with Gasteiger partial charge in [-0.15, -0.1) is 24.0 Å². The zero-order valence-electron chi connectivity index (χ0n) is 15.0. The van der Waals surface area contributed by atoms with Crippen LogP contribution in [0.15, 0.2) is 29.3 Å². The zero-order valence-corrected chi connectivity index (χ0v) is 18.2. The predicted molar refractivity (Wildman–Crippen MR) is 111 cm³/mol. The van der Waals surface area contributed by atoms with Crippen LogP contribution in [0.1, 0.15) is 31.9 Å². The Hall–Kier alpha value is -0.870. The van der Waals surface area contributed by atoms with Gasteiger partial charge in [-0.1, -0.05) is 31.2 Å². The number of aryl methyl sites for hydroxylation is 1. The van der Waals surface area contributed by atoms with Gasteiger partial charge >= 0.3 is 0 Å². The Balaban J connectivity index is 0.00000529. The van der Waals surface area contributed by atoms with E-state index in [1.54, 1.807) is 7.05 Å². The minimum atomic E-state index is -3.25. The average molecular weight is 468 g/mol. The SMILES string of the molecule is CCc1ccccc1CNC(=NC)NCC(C)(C)NS(C)(=O)=O.I. The van der Waals surface area contributed by atoms with Gasteiger partial charge in [0.05, 0.1) is 6.26 Å². The molecular weight excluding hydrogens is 439 g/mol. The standard InChI is InChI=1S/C16H28N4O2S.HI/c1-6-13-9-7-8-10-14(13)11-18-15(17-4)19-12-16(2,3)20-23(5,21)22;/h7-10,20H,6,11-12H2,1-5H3,(H2,17,18,19);1H. The Bertz CT molecular complexity index is 645. The van der Waals surface area contributed by atoms with E-state index in [0.717, 1.165) is 12.7 Å². The first-order chi connectivity index (χ1) is 10.7. The van der Waals surface area contributed by atoms with Crippen LogP contribution < -0.4 is 15.4 Å². The summed E-state index contributed by atoms with van der Waals surface area (Å²) < 4.78 is 25.3. The summed E-state index contributed by atoms with van der Waals surface area (Å²) in [4.78, 5) is 4.18. The summed E-state index contributed by atoms with van der Waals surface area (Å²) in [6.45, 7) is 6.87. The van der Waals surface area contributed by atoms with Gasteiger partial charge in [0.1, 0.15) is 0 Å². The molecule has 3 N–H and O–H groups in total. The van der Waals surface area contributed by atoms with Gasteiger partial charge in [0, 0.05) is 25.7 Å². The molecule has 0 aromatic heterocycles. The summed E-state index contributed by atoms with van der Waals surface area (Å²) in [5, 5.41) is 6.41. The molecule has 1 aromatic rings. The molecule has 8 heteroatoms. The van der Waals surface area contributed by atoms with Gasteiger partial charge in [0.25, 0.3) is 0 Å². The van der Waals surface area contributed by atoms with Gasteiger partial charge in [-0.3, -0.25) is 4.99 Å². The van der Waals surface area contributed by atoms with E-state index in [9.17, 15) is 8.42 Å². The molecule has 0 saturated heterocycles. The van der Waals surface area contributed by atoms with Gasteiger partial charge in [-0.2, -0.15) is 0 Å². The second kappa shape index (κ2) is 10.2. The molecule has 0 aliphatic carbocycles. The molecule has 0 fully saturated rings. The number of rotatable bonds is 7. The van der Waals surface area contributed by atoms with Crippen LogP contribution in [-0.2, 0) is 23.0 Å². The fourth-order valence-electron chi connectivity index (χ4n) is 2.32. The number of guanidine groups is 1. The molecule has 0 bridgehead atoms. The van der Waals surface area contributed by atoms with E-state index in [1.165, 1.54) is 11.1 Å². The lowest BCUT2D eigenvalue weighted by molar-refractivity contribution is 0.446. The largest absolute Gasteiger partial charge is 0.355 e. The zero-order chi connectivity index (χ0) is 17.5. The molecule has 0 aliphatic heterocycles. The smallest absolute Gasteiger partial charge is 0.209 e. The Morgan fingerprint density at radius 3 is 2.25 bits per heavy atom. The van der Waals surface area contributed by atoms with Crippen molar-refractivity contribution < 1.29 is 8.42 Å². The topological polar surface area (TPSA) is 82.6 Å². The fraction of sp³-hybridized carbons (Fsp3) is 0.562.